The van der Waals surface area contributed by atoms with Gasteiger partial charge in [0.1, 0.15) is 0 Å². The minimum Gasteiger partial charge on any atom is -0.321 e. The zero-order chi connectivity index (χ0) is 10.7. The number of hydrogen-bond donors (Lipinski definition) is 0. The maximum Gasteiger partial charge on any atom is 0.0409 e. The molecule has 0 spiro atoms. The minimum atomic E-state index is 0.521. The Hall–Kier alpha value is -1.24. The molecule has 1 heteroatoms. The highest BCUT2D eigenvalue weighted by molar-refractivity contribution is 5.37. The fourth-order valence-corrected chi connectivity index (χ4v) is 1.64. The average molecular weight is 189 g/mol. The lowest BCUT2D eigenvalue weighted by molar-refractivity contribution is 0.497. The summed E-state index contributed by atoms with van der Waals surface area (Å²) in [7, 11) is 0. The Morgan fingerprint density at radius 3 is 2.64 bits per heavy atom. The van der Waals surface area contributed by atoms with Gasteiger partial charge >= 0.3 is 0 Å². The van der Waals surface area contributed by atoms with Gasteiger partial charge in [-0.25, -0.2) is 0 Å². The third-order valence-corrected chi connectivity index (χ3v) is 2.49. The van der Waals surface area contributed by atoms with Crippen molar-refractivity contribution in [2.45, 2.75) is 27.7 Å². The topological polar surface area (TPSA) is 3.24 Å². The summed E-state index contributed by atoms with van der Waals surface area (Å²) in [5.41, 5.74) is 3.61. The third kappa shape index (κ3) is 1.98. The molecule has 0 amide bonds. The summed E-state index contributed by atoms with van der Waals surface area (Å²) < 4.78 is 0. The van der Waals surface area contributed by atoms with Crippen molar-refractivity contribution in [3.05, 3.63) is 48.0 Å². The monoisotopic (exact) mass is 189 g/mol. The zero-order valence-corrected chi connectivity index (χ0v) is 9.54. The molecule has 1 nitrogen and oxygen atoms in total. The SMILES string of the molecule is C=C1C(C)=CC=CN1/C(=C\C)C(C)C. The van der Waals surface area contributed by atoms with Gasteiger partial charge in [0, 0.05) is 17.6 Å². The Kier molecular flexibility index (Phi) is 3.34. The first-order valence-electron chi connectivity index (χ1n) is 5.07. The fourth-order valence-electron chi connectivity index (χ4n) is 1.64. The molecule has 0 fully saturated rings. The first kappa shape index (κ1) is 10.8. The molecule has 0 radical (unpaired) electrons. The molecule has 0 atom stereocenters. The van der Waals surface area contributed by atoms with Crippen LogP contribution in [0.15, 0.2) is 48.0 Å². The molecule has 0 saturated carbocycles. The van der Waals surface area contributed by atoms with Crippen LogP contribution in [0.5, 0.6) is 0 Å². The van der Waals surface area contributed by atoms with E-state index in [1.54, 1.807) is 0 Å². The minimum absolute atomic E-state index is 0.521. The molecule has 0 aromatic carbocycles. The summed E-state index contributed by atoms with van der Waals surface area (Å²) in [4.78, 5) is 2.17. The number of nitrogens with zero attached hydrogens (tertiary/aromatic N) is 1. The molecule has 1 aliphatic heterocycles. The third-order valence-electron chi connectivity index (χ3n) is 2.49. The van der Waals surface area contributed by atoms with Gasteiger partial charge < -0.3 is 4.90 Å². The molecule has 1 heterocycles. The van der Waals surface area contributed by atoms with Crippen LogP contribution in [0.3, 0.4) is 0 Å². The van der Waals surface area contributed by atoms with Crippen LogP contribution < -0.4 is 0 Å². The van der Waals surface area contributed by atoms with E-state index in [2.05, 4.69) is 63.6 Å². The Labute approximate surface area is 87.1 Å². The van der Waals surface area contributed by atoms with Crippen LogP contribution in [0, 0.1) is 5.92 Å². The highest BCUT2D eigenvalue weighted by atomic mass is 15.1. The van der Waals surface area contributed by atoms with E-state index in [0.29, 0.717) is 5.92 Å². The van der Waals surface area contributed by atoms with E-state index in [-0.39, 0.29) is 0 Å². The van der Waals surface area contributed by atoms with E-state index in [1.807, 2.05) is 0 Å². The normalized spacial score (nSPS) is 17.8. The lowest BCUT2D eigenvalue weighted by Gasteiger charge is -2.30. The second-order valence-corrected chi connectivity index (χ2v) is 3.88. The standard InChI is InChI=1S/C13H19N/c1-6-13(10(2)3)14-9-7-8-11(4)12(14)5/h6-10H,5H2,1-4H3/b13-6-. The maximum absolute atomic E-state index is 4.09. The van der Waals surface area contributed by atoms with Crippen molar-refractivity contribution in [1.29, 1.82) is 0 Å². The Balaban J connectivity index is 2.96. The lowest BCUT2D eigenvalue weighted by atomic mass is 10.1. The van der Waals surface area contributed by atoms with Crippen molar-refractivity contribution >= 4 is 0 Å². The molecule has 0 bridgehead atoms. The smallest absolute Gasteiger partial charge is 0.0409 e. The number of hydrogen-bond acceptors (Lipinski definition) is 1. The van der Waals surface area contributed by atoms with Crippen LogP contribution in [0.1, 0.15) is 27.7 Å². The average Bonchev–Trinajstić information content (AvgIpc) is 2.13. The van der Waals surface area contributed by atoms with Gasteiger partial charge in [-0.3, -0.25) is 0 Å². The molecule has 0 aromatic rings. The predicted octanol–water partition coefficient (Wildman–Crippen LogP) is 3.84. The molecule has 0 saturated heterocycles. The largest absolute Gasteiger partial charge is 0.321 e. The summed E-state index contributed by atoms with van der Waals surface area (Å²) in [6.07, 6.45) is 8.38. The van der Waals surface area contributed by atoms with E-state index in [0.717, 1.165) is 5.70 Å². The molecule has 1 aliphatic rings. The van der Waals surface area contributed by atoms with E-state index in [9.17, 15) is 0 Å². The predicted molar refractivity (Wildman–Crippen MR) is 62.5 cm³/mol. The van der Waals surface area contributed by atoms with Gasteiger partial charge in [0.25, 0.3) is 0 Å². The zero-order valence-electron chi connectivity index (χ0n) is 9.54. The highest BCUT2D eigenvalue weighted by Gasteiger charge is 2.15. The second-order valence-electron chi connectivity index (χ2n) is 3.88. The van der Waals surface area contributed by atoms with Crippen LogP contribution in [0.2, 0.25) is 0 Å². The molecule has 1 rings (SSSR count). The Bertz CT molecular complexity index is 316. The van der Waals surface area contributed by atoms with Gasteiger partial charge in [-0.1, -0.05) is 32.6 Å². The van der Waals surface area contributed by atoms with E-state index < -0.39 is 0 Å². The van der Waals surface area contributed by atoms with Crippen LogP contribution >= 0.6 is 0 Å². The van der Waals surface area contributed by atoms with Crippen LogP contribution in [-0.2, 0) is 0 Å². The van der Waals surface area contributed by atoms with E-state index in [1.165, 1.54) is 11.3 Å². The van der Waals surface area contributed by atoms with Crippen LogP contribution in [0.4, 0.5) is 0 Å². The molecular formula is C13H19N. The second kappa shape index (κ2) is 4.32. The molecule has 0 aliphatic carbocycles. The molecule has 14 heavy (non-hydrogen) atoms. The van der Waals surface area contributed by atoms with Crippen molar-refractivity contribution in [2.75, 3.05) is 0 Å². The summed E-state index contributed by atoms with van der Waals surface area (Å²) in [5.74, 6) is 0.521. The van der Waals surface area contributed by atoms with Crippen molar-refractivity contribution in [2.24, 2.45) is 5.92 Å². The van der Waals surface area contributed by atoms with E-state index >= 15 is 0 Å². The van der Waals surface area contributed by atoms with Crippen molar-refractivity contribution in [3.8, 4) is 0 Å². The molecular weight excluding hydrogens is 170 g/mol. The molecule has 76 valence electrons. The van der Waals surface area contributed by atoms with Gasteiger partial charge in [-0.2, -0.15) is 0 Å². The van der Waals surface area contributed by atoms with Gasteiger partial charge in [-0.15, -0.1) is 0 Å². The lowest BCUT2D eigenvalue weighted by Crippen LogP contribution is -2.21. The Morgan fingerprint density at radius 2 is 2.14 bits per heavy atom. The van der Waals surface area contributed by atoms with Gasteiger partial charge in [-0.05, 0) is 31.4 Å². The van der Waals surface area contributed by atoms with Crippen molar-refractivity contribution in [1.82, 2.24) is 4.90 Å². The summed E-state index contributed by atoms with van der Waals surface area (Å²) in [5, 5.41) is 0. The highest BCUT2D eigenvalue weighted by Crippen LogP contribution is 2.26. The van der Waals surface area contributed by atoms with Gasteiger partial charge in [0.2, 0.25) is 0 Å². The van der Waals surface area contributed by atoms with Crippen molar-refractivity contribution in [3.63, 3.8) is 0 Å². The number of allylic oxidation sites excluding steroid dienone is 5. The molecule has 0 N–H and O–H groups in total. The van der Waals surface area contributed by atoms with Crippen molar-refractivity contribution < 1.29 is 0 Å². The van der Waals surface area contributed by atoms with E-state index in [4.69, 9.17) is 0 Å². The Morgan fingerprint density at radius 1 is 1.50 bits per heavy atom. The fraction of sp³-hybridized carbons (Fsp3) is 0.385. The van der Waals surface area contributed by atoms with Gasteiger partial charge in [0.05, 0.1) is 0 Å². The number of rotatable bonds is 2. The van der Waals surface area contributed by atoms with Crippen LogP contribution in [-0.4, -0.2) is 4.90 Å². The maximum atomic E-state index is 4.09. The first-order valence-corrected chi connectivity index (χ1v) is 5.07. The summed E-state index contributed by atoms with van der Waals surface area (Å²) in [6.45, 7) is 12.7. The summed E-state index contributed by atoms with van der Waals surface area (Å²) in [6, 6.07) is 0. The first-order chi connectivity index (χ1) is 6.57. The quantitative estimate of drug-likeness (QED) is 0.638. The molecule has 0 aromatic heterocycles. The summed E-state index contributed by atoms with van der Waals surface area (Å²) >= 11 is 0. The van der Waals surface area contributed by atoms with Crippen LogP contribution in [0.25, 0.3) is 0 Å². The molecule has 0 unspecified atom stereocenters. The van der Waals surface area contributed by atoms with Gasteiger partial charge in [0.15, 0.2) is 0 Å².